The summed E-state index contributed by atoms with van der Waals surface area (Å²) in [5, 5.41) is 3.43. The van der Waals surface area contributed by atoms with Crippen molar-refractivity contribution in [3.05, 3.63) is 158 Å². The zero-order valence-electron chi connectivity index (χ0n) is 24.7. The molecule has 6 aromatic carbocycles. The van der Waals surface area contributed by atoms with Crippen molar-refractivity contribution in [2.45, 2.75) is 0 Å². The highest BCUT2D eigenvalue weighted by atomic mass is 32.1. The van der Waals surface area contributed by atoms with Gasteiger partial charge in [0, 0.05) is 33.0 Å². The highest BCUT2D eigenvalue weighted by molar-refractivity contribution is 7.21. The molecule has 0 saturated heterocycles. The van der Waals surface area contributed by atoms with E-state index in [0.717, 1.165) is 60.9 Å². The molecule has 9 aromatic rings. The maximum absolute atomic E-state index is 5.19. The van der Waals surface area contributed by atoms with Crippen molar-refractivity contribution < 1.29 is 0 Å². The number of hydrogen-bond acceptors (Lipinski definition) is 4. The number of rotatable bonds is 5. The molecule has 4 nitrogen and oxygen atoms in total. The van der Waals surface area contributed by atoms with E-state index in [0.29, 0.717) is 5.82 Å². The SMILES string of the molecule is c1ccc(-c2cc(-c3ccccc3-n3c4ccccc4c4ccc(-c5nc6ccccc6s5)cc43)nc(-c3ccccc3)n2)cc1. The first-order valence-electron chi connectivity index (χ1n) is 15.3. The van der Waals surface area contributed by atoms with Crippen LogP contribution in [0.5, 0.6) is 0 Å². The van der Waals surface area contributed by atoms with Crippen molar-refractivity contribution >= 4 is 43.4 Å². The van der Waals surface area contributed by atoms with E-state index in [9.17, 15) is 0 Å². The average Bonchev–Trinajstić information content (AvgIpc) is 3.71. The molecule has 0 saturated carbocycles. The van der Waals surface area contributed by atoms with Crippen molar-refractivity contribution in [1.82, 2.24) is 19.5 Å². The molecule has 0 fully saturated rings. The predicted molar refractivity (Wildman–Crippen MR) is 191 cm³/mol. The van der Waals surface area contributed by atoms with Gasteiger partial charge in [-0.15, -0.1) is 11.3 Å². The second-order valence-corrected chi connectivity index (χ2v) is 12.3. The zero-order valence-corrected chi connectivity index (χ0v) is 25.5. The summed E-state index contributed by atoms with van der Waals surface area (Å²) in [4.78, 5) is 15.2. The molecule has 0 amide bonds. The van der Waals surface area contributed by atoms with Crippen LogP contribution in [0.15, 0.2) is 158 Å². The minimum Gasteiger partial charge on any atom is -0.309 e. The molecule has 0 N–H and O–H groups in total. The summed E-state index contributed by atoms with van der Waals surface area (Å²) in [5.74, 6) is 0.701. The summed E-state index contributed by atoms with van der Waals surface area (Å²) in [6.45, 7) is 0. The van der Waals surface area contributed by atoms with Gasteiger partial charge in [-0.25, -0.2) is 15.0 Å². The van der Waals surface area contributed by atoms with Crippen LogP contribution in [0.25, 0.3) is 82.2 Å². The average molecular weight is 607 g/mol. The van der Waals surface area contributed by atoms with Crippen molar-refractivity contribution in [2.24, 2.45) is 0 Å². The second-order valence-electron chi connectivity index (χ2n) is 11.3. The molecule has 0 bridgehead atoms. The Morgan fingerprint density at radius 2 is 1.13 bits per heavy atom. The molecule has 0 spiro atoms. The summed E-state index contributed by atoms with van der Waals surface area (Å²) in [5.41, 5.74) is 10.3. The third kappa shape index (κ3) is 4.48. The third-order valence-corrected chi connectivity index (χ3v) is 9.55. The molecule has 3 heterocycles. The van der Waals surface area contributed by atoms with E-state index < -0.39 is 0 Å². The Morgan fingerprint density at radius 1 is 0.457 bits per heavy atom. The molecule has 216 valence electrons. The topological polar surface area (TPSA) is 43.6 Å². The van der Waals surface area contributed by atoms with E-state index in [1.54, 1.807) is 11.3 Å². The number of thiazole rings is 1. The molecular formula is C41H26N4S. The lowest BCUT2D eigenvalue weighted by atomic mass is 10.0. The summed E-state index contributed by atoms with van der Waals surface area (Å²) in [6.07, 6.45) is 0. The highest BCUT2D eigenvalue weighted by Gasteiger charge is 2.19. The van der Waals surface area contributed by atoms with Crippen molar-refractivity contribution in [3.8, 4) is 50.2 Å². The quantitative estimate of drug-likeness (QED) is 0.196. The second kappa shape index (κ2) is 10.9. The van der Waals surface area contributed by atoms with Gasteiger partial charge in [0.05, 0.1) is 38.3 Å². The largest absolute Gasteiger partial charge is 0.309 e. The lowest BCUT2D eigenvalue weighted by molar-refractivity contribution is 1.15. The van der Waals surface area contributed by atoms with Gasteiger partial charge in [0.2, 0.25) is 0 Å². The fourth-order valence-electron chi connectivity index (χ4n) is 6.30. The predicted octanol–water partition coefficient (Wildman–Crippen LogP) is 10.9. The van der Waals surface area contributed by atoms with Crippen molar-refractivity contribution in [1.29, 1.82) is 0 Å². The molecule has 0 atom stereocenters. The molecule has 5 heteroatoms. The Balaban J connectivity index is 1.29. The molecule has 9 rings (SSSR count). The first kappa shape index (κ1) is 26.5. The highest BCUT2D eigenvalue weighted by Crippen LogP contribution is 2.39. The van der Waals surface area contributed by atoms with E-state index in [2.05, 4.69) is 120 Å². The van der Waals surface area contributed by atoms with E-state index >= 15 is 0 Å². The number of hydrogen-bond donors (Lipinski definition) is 0. The fraction of sp³-hybridized carbons (Fsp3) is 0. The molecule has 0 aliphatic heterocycles. The molecule has 3 aromatic heterocycles. The van der Waals surface area contributed by atoms with Gasteiger partial charge in [0.1, 0.15) is 5.01 Å². The van der Waals surface area contributed by atoms with Crippen molar-refractivity contribution in [3.63, 3.8) is 0 Å². The van der Waals surface area contributed by atoms with E-state index in [1.165, 1.54) is 15.5 Å². The summed E-state index contributed by atoms with van der Waals surface area (Å²) in [7, 11) is 0. The van der Waals surface area contributed by atoms with Crippen LogP contribution in [-0.2, 0) is 0 Å². The van der Waals surface area contributed by atoms with Crippen LogP contribution in [0.3, 0.4) is 0 Å². The minimum atomic E-state index is 0.701. The zero-order chi connectivity index (χ0) is 30.5. The molecule has 0 aliphatic rings. The van der Waals surface area contributed by atoms with Crippen LogP contribution in [0.1, 0.15) is 0 Å². The molecule has 46 heavy (non-hydrogen) atoms. The van der Waals surface area contributed by atoms with Crippen LogP contribution in [0.2, 0.25) is 0 Å². The van der Waals surface area contributed by atoms with Gasteiger partial charge < -0.3 is 4.57 Å². The molecular weight excluding hydrogens is 581 g/mol. The van der Waals surface area contributed by atoms with E-state index in [4.69, 9.17) is 15.0 Å². The summed E-state index contributed by atoms with van der Waals surface area (Å²) < 4.78 is 3.57. The number of fused-ring (bicyclic) bond motifs is 4. The van der Waals surface area contributed by atoms with Gasteiger partial charge in [0.15, 0.2) is 5.82 Å². The Kier molecular flexibility index (Phi) is 6.28. The summed E-state index contributed by atoms with van der Waals surface area (Å²) >= 11 is 1.73. The van der Waals surface area contributed by atoms with Gasteiger partial charge in [-0.05, 0) is 36.4 Å². The first-order valence-corrected chi connectivity index (χ1v) is 16.1. The number of nitrogens with zero attached hydrogens (tertiary/aromatic N) is 4. The van der Waals surface area contributed by atoms with Crippen LogP contribution in [0.4, 0.5) is 0 Å². The maximum Gasteiger partial charge on any atom is 0.160 e. The smallest absolute Gasteiger partial charge is 0.160 e. The summed E-state index contributed by atoms with van der Waals surface area (Å²) in [6, 6.07) is 54.9. The monoisotopic (exact) mass is 606 g/mol. The lowest BCUT2D eigenvalue weighted by Crippen LogP contribution is -2.00. The minimum absolute atomic E-state index is 0.701. The first-order chi connectivity index (χ1) is 22.8. The van der Waals surface area contributed by atoms with E-state index in [1.807, 2.05) is 42.5 Å². The Hall–Kier alpha value is -5.91. The molecule has 0 radical (unpaired) electrons. The fourth-order valence-corrected chi connectivity index (χ4v) is 7.26. The standard InChI is InChI=1S/C41H26N4S/c1-3-13-27(14-4-1)34-26-35(43-40(42-34)28-15-5-2-6-16-28)32-18-8-11-21-37(32)45-36-20-10-7-17-30(36)31-24-23-29(25-38(31)45)41-44-33-19-9-12-22-39(33)46-41/h1-26H. The Morgan fingerprint density at radius 3 is 1.98 bits per heavy atom. The van der Waals surface area contributed by atoms with Crippen LogP contribution in [0, 0.1) is 0 Å². The number of para-hydroxylation sites is 3. The molecule has 0 unspecified atom stereocenters. The van der Waals surface area contributed by atoms with Gasteiger partial charge in [0.25, 0.3) is 0 Å². The maximum atomic E-state index is 5.19. The van der Waals surface area contributed by atoms with Crippen LogP contribution in [-0.4, -0.2) is 19.5 Å². The lowest BCUT2D eigenvalue weighted by Gasteiger charge is -2.15. The van der Waals surface area contributed by atoms with Crippen LogP contribution < -0.4 is 0 Å². The van der Waals surface area contributed by atoms with E-state index in [-0.39, 0.29) is 0 Å². The van der Waals surface area contributed by atoms with Gasteiger partial charge in [-0.1, -0.05) is 121 Å². The Bertz CT molecular complexity index is 2440. The number of benzene rings is 6. The van der Waals surface area contributed by atoms with Gasteiger partial charge in [-0.3, -0.25) is 0 Å². The normalized spacial score (nSPS) is 11.5. The van der Waals surface area contributed by atoms with Crippen LogP contribution >= 0.6 is 11.3 Å². The van der Waals surface area contributed by atoms with Crippen molar-refractivity contribution in [2.75, 3.05) is 0 Å². The third-order valence-electron chi connectivity index (χ3n) is 8.46. The molecule has 0 aliphatic carbocycles. The van der Waals surface area contributed by atoms with Gasteiger partial charge >= 0.3 is 0 Å². The number of aromatic nitrogens is 4. The Labute approximate surface area is 269 Å². The van der Waals surface area contributed by atoms with Gasteiger partial charge in [-0.2, -0.15) is 0 Å².